The van der Waals surface area contributed by atoms with Gasteiger partial charge in [0.05, 0.1) is 5.69 Å². The minimum absolute atomic E-state index is 0.202. The lowest BCUT2D eigenvalue weighted by molar-refractivity contribution is 0.713. The Kier molecular flexibility index (Phi) is 2.25. The summed E-state index contributed by atoms with van der Waals surface area (Å²) in [5, 5.41) is 4.12. The van der Waals surface area contributed by atoms with Gasteiger partial charge in [0, 0.05) is 18.7 Å². The van der Waals surface area contributed by atoms with Gasteiger partial charge in [0.1, 0.15) is 5.69 Å². The van der Waals surface area contributed by atoms with Crippen molar-refractivity contribution in [3.05, 3.63) is 46.8 Å². The first kappa shape index (κ1) is 9.45. The van der Waals surface area contributed by atoms with Crippen LogP contribution in [-0.4, -0.2) is 9.78 Å². The predicted molar refractivity (Wildman–Crippen MR) is 59.3 cm³/mol. The molecule has 2 N–H and O–H groups in total. The third-order valence-electron chi connectivity index (χ3n) is 2.17. The number of nitrogens with two attached hydrogens (primary N) is 1. The molecule has 0 unspecified atom stereocenters. The normalized spacial score (nSPS) is 10.2. The van der Waals surface area contributed by atoms with Crippen molar-refractivity contribution in [3.63, 3.8) is 0 Å². The maximum atomic E-state index is 11.2. The maximum Gasteiger partial charge on any atom is 0.268 e. The molecule has 0 radical (unpaired) electrons. The third kappa shape index (κ3) is 1.74. The largest absolute Gasteiger partial charge is 0.397 e. The fraction of sp³-hybridized carbons (Fsp3) is 0.0909. The first-order valence-corrected chi connectivity index (χ1v) is 4.58. The molecule has 76 valence electrons. The summed E-state index contributed by atoms with van der Waals surface area (Å²) < 4.78 is 1.28. The van der Waals surface area contributed by atoms with Gasteiger partial charge in [-0.1, -0.05) is 30.3 Å². The number of anilines is 1. The summed E-state index contributed by atoms with van der Waals surface area (Å²) in [7, 11) is 1.61. The van der Waals surface area contributed by atoms with Crippen LogP contribution >= 0.6 is 0 Å². The van der Waals surface area contributed by atoms with Crippen LogP contribution in [0.1, 0.15) is 0 Å². The van der Waals surface area contributed by atoms with Crippen LogP contribution in [0.2, 0.25) is 0 Å². The number of hydrogen-bond acceptors (Lipinski definition) is 3. The molecule has 4 nitrogen and oxygen atoms in total. The quantitative estimate of drug-likeness (QED) is 0.749. The minimum atomic E-state index is -0.202. The molecule has 0 saturated heterocycles. The van der Waals surface area contributed by atoms with Crippen LogP contribution in [0.15, 0.2) is 41.2 Å². The molecule has 15 heavy (non-hydrogen) atoms. The first-order chi connectivity index (χ1) is 7.18. The molecule has 0 aliphatic heterocycles. The summed E-state index contributed by atoms with van der Waals surface area (Å²) in [6.07, 6.45) is 0. The second kappa shape index (κ2) is 3.57. The van der Waals surface area contributed by atoms with E-state index in [0.717, 1.165) is 5.56 Å². The van der Waals surface area contributed by atoms with E-state index >= 15 is 0 Å². The maximum absolute atomic E-state index is 11.2. The van der Waals surface area contributed by atoms with Crippen LogP contribution in [0.3, 0.4) is 0 Å². The number of rotatable bonds is 1. The van der Waals surface area contributed by atoms with E-state index in [1.54, 1.807) is 7.05 Å². The van der Waals surface area contributed by atoms with Crippen LogP contribution in [-0.2, 0) is 7.05 Å². The lowest BCUT2D eigenvalue weighted by atomic mass is 10.1. The lowest BCUT2D eigenvalue weighted by Crippen LogP contribution is -2.20. The molecular weight excluding hydrogens is 190 g/mol. The van der Waals surface area contributed by atoms with Crippen LogP contribution in [0, 0.1) is 0 Å². The van der Waals surface area contributed by atoms with Gasteiger partial charge in [-0.3, -0.25) is 4.79 Å². The van der Waals surface area contributed by atoms with Gasteiger partial charge in [-0.05, 0) is 0 Å². The molecule has 0 bridgehead atoms. The lowest BCUT2D eigenvalue weighted by Gasteiger charge is -2.05. The summed E-state index contributed by atoms with van der Waals surface area (Å²) in [5.41, 5.74) is 7.50. The number of aromatic nitrogens is 2. The van der Waals surface area contributed by atoms with Crippen LogP contribution < -0.4 is 11.3 Å². The molecule has 4 heteroatoms. The van der Waals surface area contributed by atoms with Crippen molar-refractivity contribution in [2.45, 2.75) is 0 Å². The fourth-order valence-electron chi connectivity index (χ4n) is 1.37. The molecule has 1 aromatic carbocycles. The van der Waals surface area contributed by atoms with Gasteiger partial charge in [0.15, 0.2) is 0 Å². The van der Waals surface area contributed by atoms with Crippen molar-refractivity contribution < 1.29 is 0 Å². The number of hydrogen-bond donors (Lipinski definition) is 1. The van der Waals surface area contributed by atoms with E-state index in [0.29, 0.717) is 11.4 Å². The Morgan fingerprint density at radius 2 is 1.93 bits per heavy atom. The van der Waals surface area contributed by atoms with Gasteiger partial charge >= 0.3 is 0 Å². The monoisotopic (exact) mass is 201 g/mol. The van der Waals surface area contributed by atoms with E-state index in [1.165, 1.54) is 10.7 Å². The standard InChI is InChI=1S/C11H11N3O/c1-14-10(15)7-9(12)11(13-14)8-5-3-2-4-6-8/h2-7H,12H2,1H3. The van der Waals surface area contributed by atoms with Gasteiger partial charge in [0.25, 0.3) is 5.56 Å². The SMILES string of the molecule is Cn1nc(-c2ccccc2)c(N)cc1=O. The van der Waals surface area contributed by atoms with E-state index in [2.05, 4.69) is 5.10 Å². The average Bonchev–Trinajstić information content (AvgIpc) is 2.25. The van der Waals surface area contributed by atoms with E-state index < -0.39 is 0 Å². The number of aryl methyl sites for hydroxylation is 1. The van der Waals surface area contributed by atoms with E-state index in [4.69, 9.17) is 5.73 Å². The zero-order valence-corrected chi connectivity index (χ0v) is 8.34. The highest BCUT2D eigenvalue weighted by Gasteiger charge is 2.05. The van der Waals surface area contributed by atoms with Crippen molar-refractivity contribution in [3.8, 4) is 11.3 Å². The van der Waals surface area contributed by atoms with Crippen LogP contribution in [0.5, 0.6) is 0 Å². The summed E-state index contributed by atoms with van der Waals surface area (Å²) in [6, 6.07) is 10.9. The molecule has 0 aliphatic carbocycles. The average molecular weight is 201 g/mol. The minimum Gasteiger partial charge on any atom is -0.397 e. The highest BCUT2D eigenvalue weighted by molar-refractivity contribution is 5.71. The summed E-state index contributed by atoms with van der Waals surface area (Å²) in [4.78, 5) is 11.2. The van der Waals surface area contributed by atoms with Gasteiger partial charge in [-0.15, -0.1) is 0 Å². The highest BCUT2D eigenvalue weighted by Crippen LogP contribution is 2.20. The molecule has 0 atom stereocenters. The zero-order chi connectivity index (χ0) is 10.8. The number of benzene rings is 1. The molecule has 1 heterocycles. The smallest absolute Gasteiger partial charge is 0.268 e. The molecule has 1 aromatic heterocycles. The topological polar surface area (TPSA) is 60.9 Å². The molecule has 0 amide bonds. The Balaban J connectivity index is 2.64. The first-order valence-electron chi connectivity index (χ1n) is 4.58. The van der Waals surface area contributed by atoms with Crippen molar-refractivity contribution in [1.82, 2.24) is 9.78 Å². The second-order valence-corrected chi connectivity index (χ2v) is 3.28. The summed E-state index contributed by atoms with van der Waals surface area (Å²) in [6.45, 7) is 0. The molecule has 2 aromatic rings. The van der Waals surface area contributed by atoms with Gasteiger partial charge in [-0.2, -0.15) is 5.10 Å². The van der Waals surface area contributed by atoms with E-state index in [9.17, 15) is 4.79 Å². The van der Waals surface area contributed by atoms with Crippen molar-refractivity contribution in [1.29, 1.82) is 0 Å². The third-order valence-corrected chi connectivity index (χ3v) is 2.17. The van der Waals surface area contributed by atoms with Gasteiger partial charge in [0.2, 0.25) is 0 Å². The van der Waals surface area contributed by atoms with Gasteiger partial charge in [-0.25, -0.2) is 4.68 Å². The van der Waals surface area contributed by atoms with E-state index in [-0.39, 0.29) is 5.56 Å². The Labute approximate surface area is 87.0 Å². The summed E-state index contributed by atoms with van der Waals surface area (Å²) >= 11 is 0. The Hall–Kier alpha value is -2.10. The fourth-order valence-corrected chi connectivity index (χ4v) is 1.37. The molecule has 2 rings (SSSR count). The zero-order valence-electron chi connectivity index (χ0n) is 8.34. The van der Waals surface area contributed by atoms with Gasteiger partial charge < -0.3 is 5.73 Å². The van der Waals surface area contributed by atoms with E-state index in [1.807, 2.05) is 30.3 Å². The van der Waals surface area contributed by atoms with Crippen LogP contribution in [0.4, 0.5) is 5.69 Å². The number of nitrogen functional groups attached to an aromatic ring is 1. The number of nitrogens with zero attached hydrogens (tertiary/aromatic N) is 2. The Morgan fingerprint density at radius 3 is 2.60 bits per heavy atom. The van der Waals surface area contributed by atoms with Crippen molar-refractivity contribution >= 4 is 5.69 Å². The molecule has 0 saturated carbocycles. The molecule has 0 fully saturated rings. The summed E-state index contributed by atoms with van der Waals surface area (Å²) in [5.74, 6) is 0. The predicted octanol–water partition coefficient (Wildman–Crippen LogP) is 1.03. The van der Waals surface area contributed by atoms with Crippen molar-refractivity contribution in [2.75, 3.05) is 5.73 Å². The molecule has 0 spiro atoms. The molecule has 0 aliphatic rings. The Morgan fingerprint density at radius 1 is 1.27 bits per heavy atom. The van der Waals surface area contributed by atoms with Crippen LogP contribution in [0.25, 0.3) is 11.3 Å². The molecular formula is C11H11N3O. The highest BCUT2D eigenvalue weighted by atomic mass is 16.1. The Bertz CT molecular complexity index is 531. The van der Waals surface area contributed by atoms with Crippen molar-refractivity contribution in [2.24, 2.45) is 7.05 Å². The second-order valence-electron chi connectivity index (χ2n) is 3.28.